The number of fused-ring (bicyclic) bond motifs is 1. The van der Waals surface area contributed by atoms with Gasteiger partial charge >= 0.3 is 0 Å². The van der Waals surface area contributed by atoms with E-state index in [0.29, 0.717) is 41.9 Å². The van der Waals surface area contributed by atoms with E-state index in [1.54, 1.807) is 13.2 Å². The molecule has 3 aromatic rings. The number of methoxy groups -OCH3 is 1. The molecule has 0 saturated carbocycles. The van der Waals surface area contributed by atoms with E-state index >= 15 is 0 Å². The van der Waals surface area contributed by atoms with Crippen molar-refractivity contribution in [2.75, 3.05) is 33.4 Å². The van der Waals surface area contributed by atoms with Gasteiger partial charge < -0.3 is 23.7 Å². The molecule has 0 amide bonds. The van der Waals surface area contributed by atoms with Gasteiger partial charge in [0.2, 0.25) is 0 Å². The summed E-state index contributed by atoms with van der Waals surface area (Å²) >= 11 is 0. The molecule has 1 saturated heterocycles. The maximum absolute atomic E-state index is 13.4. The van der Waals surface area contributed by atoms with E-state index in [1.807, 2.05) is 18.2 Å². The fourth-order valence-corrected chi connectivity index (χ4v) is 4.39. The second kappa shape index (κ2) is 10.1. The molecule has 1 fully saturated rings. The average molecular weight is 441 g/mol. The number of rotatable bonds is 9. The van der Waals surface area contributed by atoms with Crippen molar-refractivity contribution in [2.24, 2.45) is 5.92 Å². The SMILES string of the molecule is COc1cc(CC=O)ccc1OC[C@@H](C)CN1CCC(c2onc3cc(F)ccc23)CC1. The minimum Gasteiger partial charge on any atom is -0.493 e. The highest BCUT2D eigenvalue weighted by molar-refractivity contribution is 5.80. The molecule has 0 spiro atoms. The van der Waals surface area contributed by atoms with Crippen LogP contribution in [0.2, 0.25) is 0 Å². The third-order valence-electron chi connectivity index (χ3n) is 6.07. The number of ether oxygens (including phenoxy) is 2. The van der Waals surface area contributed by atoms with Gasteiger partial charge in [-0.15, -0.1) is 0 Å². The molecule has 2 aromatic carbocycles. The number of nitrogens with zero attached hydrogens (tertiary/aromatic N) is 2. The van der Waals surface area contributed by atoms with Crippen LogP contribution < -0.4 is 9.47 Å². The van der Waals surface area contributed by atoms with Crippen molar-refractivity contribution < 1.29 is 23.2 Å². The summed E-state index contributed by atoms with van der Waals surface area (Å²) < 4.78 is 30.4. The third-order valence-corrected chi connectivity index (χ3v) is 6.07. The number of benzene rings is 2. The number of carbonyl (C=O) groups excluding carboxylic acids is 1. The first-order chi connectivity index (χ1) is 15.6. The first-order valence-electron chi connectivity index (χ1n) is 11.1. The van der Waals surface area contributed by atoms with Crippen molar-refractivity contribution in [3.8, 4) is 11.5 Å². The Kier molecular flexibility index (Phi) is 7.05. The fourth-order valence-electron chi connectivity index (χ4n) is 4.39. The highest BCUT2D eigenvalue weighted by atomic mass is 19.1. The molecular formula is C25H29FN2O4. The van der Waals surface area contributed by atoms with E-state index in [0.717, 1.165) is 55.5 Å². The molecule has 1 aliphatic rings. The molecule has 1 aliphatic heterocycles. The number of likely N-dealkylation sites (tertiary alicyclic amines) is 1. The zero-order valence-electron chi connectivity index (χ0n) is 18.6. The summed E-state index contributed by atoms with van der Waals surface area (Å²) in [5.41, 5.74) is 1.49. The third kappa shape index (κ3) is 5.10. The first kappa shape index (κ1) is 22.3. The van der Waals surface area contributed by atoms with Crippen LogP contribution >= 0.6 is 0 Å². The number of carbonyl (C=O) groups is 1. The lowest BCUT2D eigenvalue weighted by Gasteiger charge is -2.32. The van der Waals surface area contributed by atoms with Crippen LogP contribution in [0.4, 0.5) is 4.39 Å². The lowest BCUT2D eigenvalue weighted by molar-refractivity contribution is -0.107. The lowest BCUT2D eigenvalue weighted by atomic mass is 9.92. The molecule has 0 unspecified atom stereocenters. The molecule has 6 nitrogen and oxygen atoms in total. The molecular weight excluding hydrogens is 411 g/mol. The molecule has 2 heterocycles. The van der Waals surface area contributed by atoms with Gasteiger partial charge in [0.15, 0.2) is 11.5 Å². The first-order valence-corrected chi connectivity index (χ1v) is 11.1. The molecule has 0 bridgehead atoms. The van der Waals surface area contributed by atoms with Crippen molar-refractivity contribution in [2.45, 2.75) is 32.1 Å². The Bertz CT molecular complexity index is 1060. The molecule has 170 valence electrons. The Morgan fingerprint density at radius 2 is 2.03 bits per heavy atom. The number of aldehydes is 1. The van der Waals surface area contributed by atoms with Crippen molar-refractivity contribution in [1.82, 2.24) is 10.1 Å². The van der Waals surface area contributed by atoms with Crippen molar-refractivity contribution in [3.05, 3.63) is 53.5 Å². The Labute approximate surface area is 187 Å². The standard InChI is InChI=1S/C25H29FN2O4/c1-17(16-31-23-6-3-18(9-12-29)13-24(23)30-2)15-28-10-7-19(8-11-28)25-21-5-4-20(26)14-22(21)27-32-25/h3-6,12-14,17,19H,7-11,15-16H2,1-2H3/t17-/m0/s1. The molecule has 0 N–H and O–H groups in total. The van der Waals surface area contributed by atoms with Crippen molar-refractivity contribution >= 4 is 17.2 Å². The van der Waals surface area contributed by atoms with Crippen LogP contribution in [0.1, 0.15) is 37.0 Å². The van der Waals surface area contributed by atoms with Crippen LogP contribution in [0.25, 0.3) is 10.9 Å². The van der Waals surface area contributed by atoms with Gasteiger partial charge in [0.05, 0.1) is 13.7 Å². The average Bonchev–Trinajstić information content (AvgIpc) is 3.21. The van der Waals surface area contributed by atoms with Gasteiger partial charge in [0.1, 0.15) is 23.4 Å². The van der Waals surface area contributed by atoms with Gasteiger partial charge in [0.25, 0.3) is 0 Å². The Morgan fingerprint density at radius 1 is 1.22 bits per heavy atom. The van der Waals surface area contributed by atoms with Crippen molar-refractivity contribution in [1.29, 1.82) is 0 Å². The number of halogens is 1. The van der Waals surface area contributed by atoms with Crippen LogP contribution in [0.3, 0.4) is 0 Å². The van der Waals surface area contributed by atoms with Crippen LogP contribution in [0, 0.1) is 11.7 Å². The predicted molar refractivity (Wildman–Crippen MR) is 120 cm³/mol. The summed E-state index contributed by atoms with van der Waals surface area (Å²) in [6.45, 7) is 5.66. The van der Waals surface area contributed by atoms with E-state index in [-0.39, 0.29) is 5.82 Å². The molecule has 4 rings (SSSR count). The van der Waals surface area contributed by atoms with E-state index < -0.39 is 0 Å². The summed E-state index contributed by atoms with van der Waals surface area (Å²) in [5, 5.41) is 4.95. The Morgan fingerprint density at radius 3 is 2.78 bits per heavy atom. The summed E-state index contributed by atoms with van der Waals surface area (Å²) in [4.78, 5) is 13.2. The second-order valence-electron chi connectivity index (χ2n) is 8.56. The summed E-state index contributed by atoms with van der Waals surface area (Å²) in [6.07, 6.45) is 3.22. The fraction of sp³-hybridized carbons (Fsp3) is 0.440. The van der Waals surface area contributed by atoms with Gasteiger partial charge in [-0.05, 0) is 55.8 Å². The number of piperidine rings is 1. The number of aromatic nitrogens is 1. The van der Waals surface area contributed by atoms with Gasteiger partial charge in [0, 0.05) is 36.3 Å². The Hall–Kier alpha value is -2.93. The van der Waals surface area contributed by atoms with Gasteiger partial charge in [-0.25, -0.2) is 4.39 Å². The zero-order chi connectivity index (χ0) is 22.5. The van der Waals surface area contributed by atoms with Crippen molar-refractivity contribution in [3.63, 3.8) is 0 Å². The quantitative estimate of drug-likeness (QED) is 0.453. The smallest absolute Gasteiger partial charge is 0.161 e. The monoisotopic (exact) mass is 440 g/mol. The molecule has 1 atom stereocenters. The Balaban J connectivity index is 1.27. The lowest BCUT2D eigenvalue weighted by Crippen LogP contribution is -2.37. The maximum atomic E-state index is 13.4. The van der Waals surface area contributed by atoms with Crippen LogP contribution in [0.15, 0.2) is 40.9 Å². The minimum atomic E-state index is -0.294. The predicted octanol–water partition coefficient (Wildman–Crippen LogP) is 4.61. The largest absolute Gasteiger partial charge is 0.493 e. The van der Waals surface area contributed by atoms with Crippen LogP contribution in [0.5, 0.6) is 11.5 Å². The summed E-state index contributed by atoms with van der Waals surface area (Å²) in [7, 11) is 1.61. The van der Waals surface area contributed by atoms with E-state index in [9.17, 15) is 9.18 Å². The molecule has 0 radical (unpaired) electrons. The number of hydrogen-bond donors (Lipinski definition) is 0. The summed E-state index contributed by atoms with van der Waals surface area (Å²) in [6, 6.07) is 10.3. The summed E-state index contributed by atoms with van der Waals surface area (Å²) in [5.74, 6) is 2.58. The van der Waals surface area contributed by atoms with Crippen LogP contribution in [-0.2, 0) is 11.2 Å². The highest BCUT2D eigenvalue weighted by Crippen LogP contribution is 2.34. The van der Waals surface area contributed by atoms with Crippen LogP contribution in [-0.4, -0.2) is 49.7 Å². The maximum Gasteiger partial charge on any atom is 0.161 e. The van der Waals surface area contributed by atoms with Gasteiger partial charge in [-0.1, -0.05) is 18.1 Å². The minimum absolute atomic E-state index is 0.294. The van der Waals surface area contributed by atoms with Gasteiger partial charge in [-0.2, -0.15) is 0 Å². The normalized spacial score (nSPS) is 16.2. The number of hydrogen-bond acceptors (Lipinski definition) is 6. The van der Waals surface area contributed by atoms with E-state index in [4.69, 9.17) is 14.0 Å². The molecule has 7 heteroatoms. The topological polar surface area (TPSA) is 64.8 Å². The van der Waals surface area contributed by atoms with E-state index in [1.165, 1.54) is 12.1 Å². The highest BCUT2D eigenvalue weighted by Gasteiger charge is 2.26. The molecule has 1 aromatic heterocycles. The molecule has 32 heavy (non-hydrogen) atoms. The molecule has 0 aliphatic carbocycles. The van der Waals surface area contributed by atoms with Gasteiger partial charge in [-0.3, -0.25) is 0 Å². The second-order valence-corrected chi connectivity index (χ2v) is 8.56. The zero-order valence-corrected chi connectivity index (χ0v) is 18.6. The van der Waals surface area contributed by atoms with E-state index in [2.05, 4.69) is 17.0 Å².